The summed E-state index contributed by atoms with van der Waals surface area (Å²) in [5.74, 6) is 2.09. The molecule has 4 nitrogen and oxygen atoms in total. The fourth-order valence-corrected chi connectivity index (χ4v) is 2.70. The summed E-state index contributed by atoms with van der Waals surface area (Å²) >= 11 is 6.12. The molecule has 19 heavy (non-hydrogen) atoms. The van der Waals surface area contributed by atoms with E-state index in [9.17, 15) is 0 Å². The second-order valence-corrected chi connectivity index (χ2v) is 5.87. The Morgan fingerprint density at radius 3 is 2.68 bits per heavy atom. The molecule has 5 heteroatoms. The number of piperazine rings is 1. The predicted molar refractivity (Wildman–Crippen MR) is 80.1 cm³/mol. The minimum absolute atomic E-state index is 0.298. The van der Waals surface area contributed by atoms with E-state index < -0.39 is 0 Å². The third kappa shape index (κ3) is 3.37. The highest BCUT2D eigenvalue weighted by Crippen LogP contribution is 2.22. The maximum Gasteiger partial charge on any atom is 0.135 e. The normalized spacial score (nSPS) is 21.2. The quantitative estimate of drug-likeness (QED) is 0.798. The monoisotopic (exact) mass is 282 g/mol. The molecule has 1 aromatic heterocycles. The molecule has 0 spiro atoms. The van der Waals surface area contributed by atoms with Gasteiger partial charge in [0.05, 0.1) is 0 Å². The smallest absolute Gasteiger partial charge is 0.135 e. The molecule has 1 aliphatic rings. The molecule has 2 rings (SSSR count). The van der Waals surface area contributed by atoms with Gasteiger partial charge < -0.3 is 4.90 Å². The largest absolute Gasteiger partial charge is 0.354 e. The summed E-state index contributed by atoms with van der Waals surface area (Å²) in [5.41, 5.74) is 0. The number of rotatable bonds is 3. The van der Waals surface area contributed by atoms with Gasteiger partial charge in [0.25, 0.3) is 0 Å². The van der Waals surface area contributed by atoms with Gasteiger partial charge in [-0.25, -0.2) is 9.97 Å². The maximum absolute atomic E-state index is 6.12. The lowest BCUT2D eigenvalue weighted by atomic mass is 10.2. The van der Waals surface area contributed by atoms with Crippen molar-refractivity contribution in [3.63, 3.8) is 0 Å². The number of aromatic nitrogens is 2. The van der Waals surface area contributed by atoms with Crippen molar-refractivity contribution in [2.45, 2.75) is 39.7 Å². The van der Waals surface area contributed by atoms with Gasteiger partial charge in [-0.2, -0.15) is 0 Å². The highest BCUT2D eigenvalue weighted by atomic mass is 35.5. The van der Waals surface area contributed by atoms with Crippen LogP contribution in [-0.2, 0) is 0 Å². The fraction of sp³-hybridized carbons (Fsp3) is 0.714. The second-order valence-electron chi connectivity index (χ2n) is 5.49. The van der Waals surface area contributed by atoms with E-state index >= 15 is 0 Å². The lowest BCUT2D eigenvalue weighted by Crippen LogP contribution is -2.52. The van der Waals surface area contributed by atoms with Gasteiger partial charge in [0.2, 0.25) is 0 Å². The second kappa shape index (κ2) is 6.06. The van der Waals surface area contributed by atoms with Crippen LogP contribution >= 0.6 is 11.6 Å². The standard InChI is InChI=1S/C14H23ClN4/c1-5-18-6-7-19(9-11(18)4)13-8-12(15)16-14(17-13)10(2)3/h8,10-11H,5-7,9H2,1-4H3. The van der Waals surface area contributed by atoms with Crippen molar-refractivity contribution in [2.24, 2.45) is 0 Å². The molecule has 1 fully saturated rings. The van der Waals surface area contributed by atoms with Gasteiger partial charge in [-0.15, -0.1) is 0 Å². The molecule has 1 saturated heterocycles. The molecule has 1 unspecified atom stereocenters. The third-order valence-electron chi connectivity index (χ3n) is 3.71. The topological polar surface area (TPSA) is 32.3 Å². The number of nitrogens with zero attached hydrogens (tertiary/aromatic N) is 4. The number of likely N-dealkylation sites (N-methyl/N-ethyl adjacent to an activating group) is 1. The van der Waals surface area contributed by atoms with E-state index in [2.05, 4.69) is 47.5 Å². The molecule has 1 aromatic rings. The van der Waals surface area contributed by atoms with Crippen LogP contribution in [0.1, 0.15) is 39.4 Å². The van der Waals surface area contributed by atoms with Gasteiger partial charge >= 0.3 is 0 Å². The van der Waals surface area contributed by atoms with E-state index in [0.29, 0.717) is 17.1 Å². The Hall–Kier alpha value is -0.870. The van der Waals surface area contributed by atoms with Gasteiger partial charge in [0, 0.05) is 37.7 Å². The molecule has 0 aromatic carbocycles. The van der Waals surface area contributed by atoms with Crippen molar-refractivity contribution in [3.05, 3.63) is 17.0 Å². The highest BCUT2D eigenvalue weighted by molar-refractivity contribution is 6.29. The van der Waals surface area contributed by atoms with Crippen LogP contribution in [0.25, 0.3) is 0 Å². The van der Waals surface area contributed by atoms with Crippen LogP contribution in [0.15, 0.2) is 6.07 Å². The predicted octanol–water partition coefficient (Wildman–Crippen LogP) is 2.78. The molecule has 106 valence electrons. The third-order valence-corrected chi connectivity index (χ3v) is 3.90. The molecule has 0 amide bonds. The Labute approximate surface area is 120 Å². The first-order valence-electron chi connectivity index (χ1n) is 7.04. The van der Waals surface area contributed by atoms with Crippen molar-refractivity contribution in [2.75, 3.05) is 31.1 Å². The lowest BCUT2D eigenvalue weighted by Gasteiger charge is -2.40. The molecule has 0 N–H and O–H groups in total. The van der Waals surface area contributed by atoms with Crippen molar-refractivity contribution in [1.82, 2.24) is 14.9 Å². The molecule has 0 radical (unpaired) electrons. The molecule has 0 bridgehead atoms. The van der Waals surface area contributed by atoms with Crippen LogP contribution in [0, 0.1) is 0 Å². The van der Waals surface area contributed by atoms with Gasteiger partial charge in [-0.05, 0) is 13.5 Å². The van der Waals surface area contributed by atoms with Gasteiger partial charge in [0.15, 0.2) is 0 Å². The van der Waals surface area contributed by atoms with Crippen LogP contribution in [0.4, 0.5) is 5.82 Å². The van der Waals surface area contributed by atoms with E-state index in [-0.39, 0.29) is 0 Å². The van der Waals surface area contributed by atoms with E-state index in [1.54, 1.807) is 0 Å². The molecule has 1 atom stereocenters. The lowest BCUT2D eigenvalue weighted by molar-refractivity contribution is 0.199. The summed E-state index contributed by atoms with van der Waals surface area (Å²) in [6, 6.07) is 2.43. The SMILES string of the molecule is CCN1CCN(c2cc(Cl)nc(C(C)C)n2)CC1C. The van der Waals surface area contributed by atoms with Crippen molar-refractivity contribution < 1.29 is 0 Å². The average molecular weight is 283 g/mol. The fourth-order valence-electron chi connectivity index (χ4n) is 2.52. The van der Waals surface area contributed by atoms with E-state index in [0.717, 1.165) is 37.8 Å². The van der Waals surface area contributed by atoms with E-state index in [1.807, 2.05) is 6.07 Å². The molecule has 0 saturated carbocycles. The van der Waals surface area contributed by atoms with E-state index in [4.69, 9.17) is 11.6 Å². The highest BCUT2D eigenvalue weighted by Gasteiger charge is 2.24. The van der Waals surface area contributed by atoms with Crippen molar-refractivity contribution in [3.8, 4) is 0 Å². The van der Waals surface area contributed by atoms with Gasteiger partial charge in [-0.3, -0.25) is 4.90 Å². The minimum Gasteiger partial charge on any atom is -0.354 e. The number of halogens is 1. The summed E-state index contributed by atoms with van der Waals surface area (Å²) in [4.78, 5) is 13.8. The number of anilines is 1. The van der Waals surface area contributed by atoms with Crippen LogP contribution in [0.3, 0.4) is 0 Å². The zero-order valence-electron chi connectivity index (χ0n) is 12.2. The Morgan fingerprint density at radius 1 is 1.37 bits per heavy atom. The first kappa shape index (κ1) is 14.5. The first-order valence-corrected chi connectivity index (χ1v) is 7.42. The van der Waals surface area contributed by atoms with Gasteiger partial charge in [0.1, 0.15) is 16.8 Å². The molecule has 0 aliphatic carbocycles. The Bertz CT molecular complexity index is 435. The van der Waals surface area contributed by atoms with Crippen LogP contribution in [-0.4, -0.2) is 47.1 Å². The summed E-state index contributed by atoms with van der Waals surface area (Å²) < 4.78 is 0. The number of hydrogen-bond donors (Lipinski definition) is 0. The average Bonchev–Trinajstić information content (AvgIpc) is 2.37. The Balaban J connectivity index is 2.18. The zero-order valence-corrected chi connectivity index (χ0v) is 13.0. The molecular weight excluding hydrogens is 260 g/mol. The van der Waals surface area contributed by atoms with Crippen molar-refractivity contribution in [1.29, 1.82) is 0 Å². The van der Waals surface area contributed by atoms with E-state index in [1.165, 1.54) is 0 Å². The Morgan fingerprint density at radius 2 is 2.11 bits per heavy atom. The first-order chi connectivity index (χ1) is 9.01. The Kier molecular flexibility index (Phi) is 4.63. The summed E-state index contributed by atoms with van der Waals surface area (Å²) in [6.45, 7) is 12.8. The molecule has 1 aliphatic heterocycles. The van der Waals surface area contributed by atoms with Crippen LogP contribution in [0.2, 0.25) is 5.15 Å². The molecular formula is C14H23ClN4. The minimum atomic E-state index is 0.298. The van der Waals surface area contributed by atoms with Gasteiger partial charge in [-0.1, -0.05) is 32.4 Å². The maximum atomic E-state index is 6.12. The summed E-state index contributed by atoms with van der Waals surface area (Å²) in [5, 5.41) is 0.541. The molecule has 2 heterocycles. The van der Waals surface area contributed by atoms with Crippen LogP contribution < -0.4 is 4.90 Å². The van der Waals surface area contributed by atoms with Crippen LogP contribution in [0.5, 0.6) is 0 Å². The summed E-state index contributed by atoms with van der Waals surface area (Å²) in [6.07, 6.45) is 0. The number of hydrogen-bond acceptors (Lipinski definition) is 4. The summed E-state index contributed by atoms with van der Waals surface area (Å²) in [7, 11) is 0. The van der Waals surface area contributed by atoms with Crippen molar-refractivity contribution >= 4 is 17.4 Å². The zero-order chi connectivity index (χ0) is 14.0.